The van der Waals surface area contributed by atoms with Crippen LogP contribution in [0.5, 0.6) is 0 Å². The van der Waals surface area contributed by atoms with Crippen molar-refractivity contribution < 1.29 is 13.9 Å². The van der Waals surface area contributed by atoms with Gasteiger partial charge in [0.05, 0.1) is 22.3 Å². The molecule has 1 aliphatic heterocycles. The highest BCUT2D eigenvalue weighted by Crippen LogP contribution is 2.34. The molecule has 1 amide bonds. The number of nitrogens with one attached hydrogen (secondary N) is 1. The number of pyridine rings is 1. The van der Waals surface area contributed by atoms with Gasteiger partial charge in [0.2, 0.25) is 5.69 Å². The summed E-state index contributed by atoms with van der Waals surface area (Å²) in [4.78, 5) is 21.9. The molecule has 0 bridgehead atoms. The number of carbonyl (C=O) groups excluding carboxylic acids is 1. The summed E-state index contributed by atoms with van der Waals surface area (Å²) < 4.78 is 20.0. The van der Waals surface area contributed by atoms with Crippen LogP contribution in [0.3, 0.4) is 0 Å². The highest BCUT2D eigenvalue weighted by Gasteiger charge is 2.25. The number of aromatic nitrogens is 1. The van der Waals surface area contributed by atoms with Gasteiger partial charge < -0.3 is 15.0 Å². The summed E-state index contributed by atoms with van der Waals surface area (Å²) in [6, 6.07) is 8.10. The summed E-state index contributed by atoms with van der Waals surface area (Å²) in [5.41, 5.74) is 0.669. The maximum atomic E-state index is 14.2. The normalized spacial score (nSPS) is 14.4. The third-order valence-electron chi connectivity index (χ3n) is 4.95. The summed E-state index contributed by atoms with van der Waals surface area (Å²) in [6.45, 7) is 13.7. The van der Waals surface area contributed by atoms with Gasteiger partial charge in [-0.05, 0) is 61.7 Å². The topological polar surface area (TPSA) is 82.6 Å². The van der Waals surface area contributed by atoms with Crippen molar-refractivity contribution in [1.82, 2.24) is 10.3 Å². The Bertz CT molecular complexity index is 1110. The van der Waals surface area contributed by atoms with Crippen molar-refractivity contribution in [1.29, 1.82) is 5.26 Å². The van der Waals surface area contributed by atoms with Gasteiger partial charge in [0.25, 0.3) is 0 Å². The lowest BCUT2D eigenvalue weighted by Crippen LogP contribution is -2.46. The number of anilines is 1. The van der Waals surface area contributed by atoms with E-state index in [1.807, 2.05) is 25.7 Å². The van der Waals surface area contributed by atoms with Gasteiger partial charge in [-0.2, -0.15) is 5.26 Å². The molecule has 0 atom stereocenters. The average Bonchev–Trinajstić information content (AvgIpc) is 2.73. The SMILES string of the molecule is [C-]#[N+]c1ccc(-c2nc(N3CCC(NC(=O)OC(C)(C)C)CC3)cc(C#N)c2Br)cc1F. The molecule has 0 aliphatic carbocycles. The Morgan fingerprint density at radius 3 is 2.62 bits per heavy atom. The number of piperidine rings is 1. The van der Waals surface area contributed by atoms with Crippen molar-refractivity contribution in [2.45, 2.75) is 45.3 Å². The van der Waals surface area contributed by atoms with Gasteiger partial charge in [-0.15, -0.1) is 0 Å². The van der Waals surface area contributed by atoms with E-state index in [9.17, 15) is 14.4 Å². The van der Waals surface area contributed by atoms with Gasteiger partial charge >= 0.3 is 6.09 Å². The van der Waals surface area contributed by atoms with E-state index in [1.165, 1.54) is 12.1 Å². The van der Waals surface area contributed by atoms with Crippen molar-refractivity contribution in [2.24, 2.45) is 0 Å². The summed E-state index contributed by atoms with van der Waals surface area (Å²) >= 11 is 3.41. The lowest BCUT2D eigenvalue weighted by atomic mass is 10.0. The molecule has 0 radical (unpaired) electrons. The van der Waals surface area contributed by atoms with E-state index in [-0.39, 0.29) is 11.7 Å². The molecule has 3 rings (SSSR count). The minimum absolute atomic E-state index is 0.0123. The van der Waals surface area contributed by atoms with Crippen LogP contribution < -0.4 is 10.2 Å². The molecule has 0 saturated carbocycles. The highest BCUT2D eigenvalue weighted by atomic mass is 79.9. The van der Waals surface area contributed by atoms with E-state index in [0.29, 0.717) is 53.0 Å². The van der Waals surface area contributed by atoms with Crippen molar-refractivity contribution in [2.75, 3.05) is 18.0 Å². The van der Waals surface area contributed by atoms with Crippen molar-refractivity contribution >= 4 is 33.5 Å². The van der Waals surface area contributed by atoms with Gasteiger partial charge in [-0.25, -0.2) is 19.0 Å². The van der Waals surface area contributed by atoms with E-state index in [4.69, 9.17) is 11.3 Å². The van der Waals surface area contributed by atoms with Crippen LogP contribution in [0.15, 0.2) is 28.7 Å². The fourth-order valence-electron chi connectivity index (χ4n) is 3.42. The first kappa shape index (κ1) is 23.5. The Morgan fingerprint density at radius 2 is 2.06 bits per heavy atom. The maximum absolute atomic E-state index is 14.2. The predicted octanol–water partition coefficient (Wildman–Crippen LogP) is 5.57. The Kier molecular flexibility index (Phi) is 7.00. The van der Waals surface area contributed by atoms with E-state index in [2.05, 4.69) is 37.1 Å². The van der Waals surface area contributed by atoms with Crippen LogP contribution >= 0.6 is 15.9 Å². The van der Waals surface area contributed by atoms with E-state index >= 15 is 0 Å². The second-order valence-electron chi connectivity index (χ2n) is 8.49. The molecular formula is C23H23BrFN5O2. The number of hydrogen-bond acceptors (Lipinski definition) is 5. The highest BCUT2D eigenvalue weighted by molar-refractivity contribution is 9.10. The van der Waals surface area contributed by atoms with Crippen LogP contribution in [0, 0.1) is 23.7 Å². The Morgan fingerprint density at radius 1 is 1.38 bits per heavy atom. The summed E-state index contributed by atoms with van der Waals surface area (Å²) in [7, 11) is 0. The number of alkyl carbamates (subject to hydrolysis) is 1. The molecule has 2 aromatic rings. The quantitative estimate of drug-likeness (QED) is 0.558. The third kappa shape index (κ3) is 5.54. The Hall–Kier alpha value is -3.17. The minimum atomic E-state index is -0.635. The van der Waals surface area contributed by atoms with Crippen molar-refractivity contribution in [3.8, 4) is 17.3 Å². The standard InChI is InChI=1S/C23H23BrFN5O2/c1-23(2,3)32-22(31)28-16-7-9-30(10-8-16)19-12-15(13-26)20(24)21(29-19)14-5-6-18(27-4)17(25)11-14/h5-6,11-12,16H,7-10H2,1-3H3,(H,28,31). The van der Waals surface area contributed by atoms with E-state index in [1.54, 1.807) is 12.1 Å². The molecule has 1 aliphatic rings. The second-order valence-corrected chi connectivity index (χ2v) is 9.28. The third-order valence-corrected chi connectivity index (χ3v) is 5.75. The number of hydrogen-bond donors (Lipinski definition) is 1. The van der Waals surface area contributed by atoms with Gasteiger partial charge in [-0.1, -0.05) is 12.1 Å². The number of rotatable bonds is 3. The summed E-state index contributed by atoms with van der Waals surface area (Å²) in [5, 5.41) is 12.5. The molecule has 1 fully saturated rings. The zero-order valence-corrected chi connectivity index (χ0v) is 19.7. The lowest BCUT2D eigenvalue weighted by molar-refractivity contribution is 0.0497. The first-order chi connectivity index (χ1) is 15.1. The number of amides is 1. The van der Waals surface area contributed by atoms with Crippen LogP contribution in [-0.4, -0.2) is 35.8 Å². The molecule has 2 heterocycles. The Labute approximate surface area is 195 Å². The largest absolute Gasteiger partial charge is 0.444 e. The zero-order valence-electron chi connectivity index (χ0n) is 18.1. The van der Waals surface area contributed by atoms with Crippen LogP contribution in [0.25, 0.3) is 16.1 Å². The molecule has 1 N–H and O–H groups in total. The number of halogens is 2. The van der Waals surface area contributed by atoms with Crippen molar-refractivity contribution in [3.63, 3.8) is 0 Å². The molecule has 7 nitrogen and oxygen atoms in total. The van der Waals surface area contributed by atoms with Gasteiger partial charge in [0.1, 0.15) is 23.3 Å². The summed E-state index contributed by atoms with van der Waals surface area (Å²) in [6.07, 6.45) is 0.960. The lowest BCUT2D eigenvalue weighted by Gasteiger charge is -2.34. The molecule has 1 aromatic heterocycles. The summed E-state index contributed by atoms with van der Waals surface area (Å²) in [5.74, 6) is -0.0331. The van der Waals surface area contributed by atoms with Gasteiger partial charge in [-0.3, -0.25) is 0 Å². The first-order valence-electron chi connectivity index (χ1n) is 10.1. The fraction of sp³-hybridized carbons (Fsp3) is 0.391. The molecule has 32 heavy (non-hydrogen) atoms. The van der Waals surface area contributed by atoms with Crippen LogP contribution in [0.1, 0.15) is 39.2 Å². The monoisotopic (exact) mass is 499 g/mol. The van der Waals surface area contributed by atoms with E-state index in [0.717, 1.165) is 0 Å². The van der Waals surface area contributed by atoms with Crippen molar-refractivity contribution in [3.05, 3.63) is 51.5 Å². The van der Waals surface area contributed by atoms with Crippen LogP contribution in [0.4, 0.5) is 20.7 Å². The second kappa shape index (κ2) is 9.54. The molecular weight excluding hydrogens is 477 g/mol. The fourth-order valence-corrected chi connectivity index (χ4v) is 3.94. The minimum Gasteiger partial charge on any atom is -0.444 e. The molecule has 0 unspecified atom stereocenters. The smallest absolute Gasteiger partial charge is 0.407 e. The molecule has 1 aromatic carbocycles. The Balaban J connectivity index is 1.79. The number of benzene rings is 1. The molecule has 1 saturated heterocycles. The van der Waals surface area contributed by atoms with E-state index < -0.39 is 17.5 Å². The molecule has 0 spiro atoms. The molecule has 9 heteroatoms. The molecule has 166 valence electrons. The number of ether oxygens (including phenoxy) is 1. The van der Waals surface area contributed by atoms with Gasteiger partial charge in [0, 0.05) is 24.7 Å². The first-order valence-corrected chi connectivity index (χ1v) is 10.9. The average molecular weight is 500 g/mol. The van der Waals surface area contributed by atoms with Crippen LogP contribution in [-0.2, 0) is 4.74 Å². The van der Waals surface area contributed by atoms with Gasteiger partial charge in [0.15, 0.2) is 0 Å². The number of carbonyl (C=O) groups is 1. The van der Waals surface area contributed by atoms with Crippen LogP contribution in [0.2, 0.25) is 0 Å². The predicted molar refractivity (Wildman–Crippen MR) is 123 cm³/mol. The number of nitrogens with zero attached hydrogens (tertiary/aromatic N) is 4. The number of nitriles is 1. The zero-order chi connectivity index (χ0) is 23.5. The maximum Gasteiger partial charge on any atom is 0.407 e.